The van der Waals surface area contributed by atoms with Crippen LogP contribution in [0.2, 0.25) is 0 Å². The van der Waals surface area contributed by atoms with E-state index in [1.807, 2.05) is 0 Å². The first kappa shape index (κ1) is 28.4. The lowest BCUT2D eigenvalue weighted by molar-refractivity contribution is -0.152. The maximum Gasteiger partial charge on any atom is 0.341 e. The second-order valence-electron chi connectivity index (χ2n) is 10.9. The third-order valence-electron chi connectivity index (χ3n) is 8.72. The number of rotatable bonds is 8. The summed E-state index contributed by atoms with van der Waals surface area (Å²) in [5.74, 6) is -4.96. The molecule has 3 fully saturated rings. The number of phenolic OH excluding ortho intramolecular Hbond substituents is 1. The minimum atomic E-state index is -1.90. The second kappa shape index (κ2) is 11.0. The van der Waals surface area contributed by atoms with Crippen molar-refractivity contribution in [2.45, 2.75) is 56.1 Å². The molecule has 1 aliphatic carbocycles. The molecule has 4 unspecified atom stereocenters. The third-order valence-corrected chi connectivity index (χ3v) is 8.72. The van der Waals surface area contributed by atoms with Crippen LogP contribution in [0.4, 0.5) is 0 Å². The first-order valence-electron chi connectivity index (χ1n) is 13.7. The fourth-order valence-electron chi connectivity index (χ4n) is 6.82. The number of nitrogens with one attached hydrogen (secondary N) is 1. The van der Waals surface area contributed by atoms with Gasteiger partial charge in [0.25, 0.3) is 0 Å². The summed E-state index contributed by atoms with van der Waals surface area (Å²) in [6.45, 7) is 0. The van der Waals surface area contributed by atoms with E-state index >= 15 is 0 Å². The Hall–Kier alpha value is -4.12. The van der Waals surface area contributed by atoms with Crippen molar-refractivity contribution in [2.75, 3.05) is 21.3 Å². The summed E-state index contributed by atoms with van der Waals surface area (Å²) in [7, 11) is 4.02. The number of phenols is 1. The average molecular weight is 567 g/mol. The molecule has 11 nitrogen and oxygen atoms in total. The van der Waals surface area contributed by atoms with Crippen molar-refractivity contribution in [1.82, 2.24) is 10.2 Å². The Kier molecular flexibility index (Phi) is 7.65. The van der Waals surface area contributed by atoms with Gasteiger partial charge in [0, 0.05) is 24.6 Å². The van der Waals surface area contributed by atoms with Gasteiger partial charge in [-0.15, -0.1) is 0 Å². The number of amides is 2. The summed E-state index contributed by atoms with van der Waals surface area (Å²) in [4.78, 5) is 56.0. The van der Waals surface area contributed by atoms with Crippen molar-refractivity contribution in [2.24, 2.45) is 11.8 Å². The topological polar surface area (TPSA) is 152 Å². The highest BCUT2D eigenvalue weighted by molar-refractivity contribution is 6.10. The normalized spacial score (nSPS) is 26.1. The molecule has 0 aromatic heterocycles. The van der Waals surface area contributed by atoms with Gasteiger partial charge in [0.2, 0.25) is 11.8 Å². The van der Waals surface area contributed by atoms with Crippen LogP contribution in [-0.2, 0) is 25.5 Å². The maximum atomic E-state index is 14.2. The average Bonchev–Trinajstić information content (AvgIpc) is 3.46. The summed E-state index contributed by atoms with van der Waals surface area (Å²) >= 11 is 0. The smallest absolute Gasteiger partial charge is 0.341 e. The Morgan fingerprint density at radius 3 is 2.27 bits per heavy atom. The van der Waals surface area contributed by atoms with Gasteiger partial charge in [0.1, 0.15) is 28.4 Å². The summed E-state index contributed by atoms with van der Waals surface area (Å²) in [5, 5.41) is 23.7. The highest BCUT2D eigenvalue weighted by atomic mass is 16.5. The van der Waals surface area contributed by atoms with E-state index in [9.17, 15) is 29.4 Å². The number of esters is 1. The van der Waals surface area contributed by atoms with E-state index in [1.165, 1.54) is 44.4 Å². The van der Waals surface area contributed by atoms with E-state index in [1.54, 1.807) is 18.2 Å². The molecule has 4 atom stereocenters. The number of hydrogen-bond donors (Lipinski definition) is 3. The molecule has 3 aliphatic rings. The summed E-state index contributed by atoms with van der Waals surface area (Å²) in [6, 6.07) is 7.71. The van der Waals surface area contributed by atoms with Crippen LogP contribution in [0.3, 0.4) is 0 Å². The zero-order valence-corrected chi connectivity index (χ0v) is 23.2. The highest BCUT2D eigenvalue weighted by Crippen LogP contribution is 2.53. The van der Waals surface area contributed by atoms with Crippen LogP contribution in [-0.4, -0.2) is 71.8 Å². The number of carbonyl (C=O) groups excluding carboxylic acids is 3. The van der Waals surface area contributed by atoms with Crippen LogP contribution in [0, 0.1) is 11.8 Å². The minimum Gasteiger partial charge on any atom is -0.508 e. The number of likely N-dealkylation sites (tertiary alicyclic amines) is 1. The van der Waals surface area contributed by atoms with Crippen LogP contribution in [0.15, 0.2) is 36.4 Å². The summed E-state index contributed by atoms with van der Waals surface area (Å²) < 4.78 is 16.0. The number of imide groups is 1. The van der Waals surface area contributed by atoms with Crippen molar-refractivity contribution >= 4 is 23.8 Å². The number of hydrogen-bond acceptors (Lipinski definition) is 9. The first-order chi connectivity index (χ1) is 19.7. The molecule has 3 N–H and O–H groups in total. The number of benzene rings is 2. The molecule has 0 spiro atoms. The molecule has 218 valence electrons. The third kappa shape index (κ3) is 4.67. The number of carbonyl (C=O) groups is 4. The van der Waals surface area contributed by atoms with Crippen LogP contribution in [0.25, 0.3) is 0 Å². The zero-order chi connectivity index (χ0) is 29.5. The van der Waals surface area contributed by atoms with Gasteiger partial charge in [-0.2, -0.15) is 0 Å². The Labute approximate surface area is 237 Å². The molecule has 2 aliphatic heterocycles. The van der Waals surface area contributed by atoms with Crippen molar-refractivity contribution in [3.63, 3.8) is 0 Å². The highest BCUT2D eigenvalue weighted by Gasteiger charge is 2.69. The molecule has 2 amide bonds. The largest absolute Gasteiger partial charge is 0.508 e. The van der Waals surface area contributed by atoms with Gasteiger partial charge in [-0.1, -0.05) is 31.4 Å². The number of aromatic hydroxyl groups is 1. The van der Waals surface area contributed by atoms with Gasteiger partial charge < -0.3 is 24.4 Å². The Balaban J connectivity index is 1.71. The predicted molar refractivity (Wildman–Crippen MR) is 145 cm³/mol. The van der Waals surface area contributed by atoms with Gasteiger partial charge in [-0.25, -0.2) is 4.79 Å². The molecular formula is C30H34N2O9. The van der Waals surface area contributed by atoms with Gasteiger partial charge in [0.15, 0.2) is 0 Å². The number of aliphatic carboxylic acids is 1. The summed E-state index contributed by atoms with van der Waals surface area (Å²) in [5.41, 5.74) is -1.10. The first-order valence-corrected chi connectivity index (χ1v) is 13.7. The molecule has 5 rings (SSSR count). The van der Waals surface area contributed by atoms with Gasteiger partial charge in [-0.05, 0) is 42.2 Å². The number of fused-ring (bicyclic) bond motifs is 1. The molecule has 2 aromatic rings. The monoisotopic (exact) mass is 566 g/mol. The van der Waals surface area contributed by atoms with Crippen LogP contribution < -0.4 is 14.8 Å². The quantitative estimate of drug-likeness (QED) is 0.321. The van der Waals surface area contributed by atoms with Crippen molar-refractivity contribution in [3.05, 3.63) is 53.1 Å². The van der Waals surface area contributed by atoms with Crippen molar-refractivity contribution in [3.8, 4) is 17.2 Å². The molecule has 1 saturated carbocycles. The Bertz CT molecular complexity index is 1370. The van der Waals surface area contributed by atoms with E-state index in [2.05, 4.69) is 5.32 Å². The SMILES string of the molecule is COC(=O)c1c(OC)cc(OC)cc1C1NC(Cc2ccc(O)cc2)(C(=O)O)C2C(=O)N(C3CCCCC3)C(=O)C12. The van der Waals surface area contributed by atoms with Gasteiger partial charge in [-0.3, -0.25) is 24.6 Å². The van der Waals surface area contributed by atoms with E-state index in [0.717, 1.165) is 19.3 Å². The number of carboxylic acid groups (broad SMARTS) is 1. The summed E-state index contributed by atoms with van der Waals surface area (Å²) in [6.07, 6.45) is 3.93. The second-order valence-corrected chi connectivity index (χ2v) is 10.9. The molecule has 0 bridgehead atoms. The van der Waals surface area contributed by atoms with Gasteiger partial charge in [0.05, 0.1) is 33.2 Å². The Morgan fingerprint density at radius 2 is 1.68 bits per heavy atom. The lowest BCUT2D eigenvalue weighted by Gasteiger charge is -2.35. The number of nitrogens with zero attached hydrogens (tertiary/aromatic N) is 1. The minimum absolute atomic E-state index is 0.00855. The lowest BCUT2D eigenvalue weighted by Crippen LogP contribution is -2.58. The van der Waals surface area contributed by atoms with E-state index in [-0.39, 0.29) is 35.1 Å². The fourth-order valence-corrected chi connectivity index (χ4v) is 6.82. The molecule has 2 saturated heterocycles. The van der Waals surface area contributed by atoms with E-state index in [4.69, 9.17) is 14.2 Å². The predicted octanol–water partition coefficient (Wildman–Crippen LogP) is 2.84. The standard InChI is InChI=1S/C30H34N2O9/c1-39-19-13-20(22(28(36)41-3)21(14-19)40-2)25-23-24(27(35)32(26(23)34)17-7-5-4-6-8-17)30(31-25,29(37)38)15-16-9-11-18(33)12-10-16/h9-14,17,23-25,31,33H,4-8,15H2,1-3H3,(H,37,38). The molecule has 11 heteroatoms. The molecule has 0 radical (unpaired) electrons. The van der Waals surface area contributed by atoms with Crippen LogP contribution in [0.1, 0.15) is 59.6 Å². The van der Waals surface area contributed by atoms with Gasteiger partial charge >= 0.3 is 11.9 Å². The zero-order valence-electron chi connectivity index (χ0n) is 23.2. The molecule has 2 heterocycles. The molecule has 2 aromatic carbocycles. The van der Waals surface area contributed by atoms with Crippen LogP contribution in [0.5, 0.6) is 17.2 Å². The van der Waals surface area contributed by atoms with Crippen molar-refractivity contribution in [1.29, 1.82) is 0 Å². The van der Waals surface area contributed by atoms with Crippen LogP contribution >= 0.6 is 0 Å². The fraction of sp³-hybridized carbons (Fsp3) is 0.467. The maximum absolute atomic E-state index is 14.2. The number of methoxy groups -OCH3 is 3. The Morgan fingerprint density at radius 1 is 1.00 bits per heavy atom. The van der Waals surface area contributed by atoms with Crippen molar-refractivity contribution < 1.29 is 43.6 Å². The molecular weight excluding hydrogens is 532 g/mol. The number of ether oxygens (including phenoxy) is 3. The molecule has 41 heavy (non-hydrogen) atoms. The van der Waals surface area contributed by atoms with E-state index in [0.29, 0.717) is 24.2 Å². The number of carboxylic acids is 1. The van der Waals surface area contributed by atoms with E-state index < -0.39 is 47.2 Å². The lowest BCUT2D eigenvalue weighted by atomic mass is 9.76.